The van der Waals surface area contributed by atoms with Gasteiger partial charge in [0, 0.05) is 52.4 Å². The van der Waals surface area contributed by atoms with Crippen LogP contribution in [0.15, 0.2) is 156 Å². The fraction of sp³-hybridized carbons (Fsp3) is 0.207. The van der Waals surface area contributed by atoms with E-state index in [2.05, 4.69) is 41.4 Å². The molecule has 63 heavy (non-hydrogen) atoms. The molecule has 10 aromatic rings. The van der Waals surface area contributed by atoms with Gasteiger partial charge in [0.2, 0.25) is 0 Å². The Labute approximate surface area is 395 Å². The molecule has 10 rings (SSSR count). The molecular weight excluding hydrogens is 947 g/mol. The van der Waals surface area contributed by atoms with Gasteiger partial charge in [0.1, 0.15) is 5.58 Å². The number of nitrogens with zero attached hydrogens (tertiary/aromatic N) is 3. The number of fused-ring (bicyclic) bond motifs is 6. The topological polar surface area (TPSA) is 43.9 Å². The summed E-state index contributed by atoms with van der Waals surface area (Å²) in [4.78, 5) is 9.52. The summed E-state index contributed by atoms with van der Waals surface area (Å²) in [6, 6.07) is 53.0. The Morgan fingerprint density at radius 1 is 0.730 bits per heavy atom. The van der Waals surface area contributed by atoms with Crippen molar-refractivity contribution in [3.8, 4) is 39.5 Å². The van der Waals surface area contributed by atoms with Crippen molar-refractivity contribution in [3.63, 3.8) is 0 Å². The second kappa shape index (κ2) is 17.9. The maximum atomic E-state index is 8.83. The molecule has 7 aromatic carbocycles. The molecule has 0 amide bonds. The molecule has 1 radical (unpaired) electrons. The van der Waals surface area contributed by atoms with Gasteiger partial charge in [-0.1, -0.05) is 163 Å². The standard InChI is InChI=1S/C32H26NO.C26H27N2.Ir/c1-32(2,3)20-21-11-13-22(14-12-21)24-17-18-33-29(19-24)28-10-6-9-26-27-16-15-23-7-4-5-8-25(23)30(27)34-31(26)28;1-17(2)21-9-8-10-22(18(3)4)25(21)28-24-12-7-6-11-23(24)27-26(28)20-15-13-19(5)14-16-20;/h4-9,11-19H,20H2,1-3H3;6-15,17-18H,1-5H3;/q2*-1;/i20D2;5D3,17D,18D;. The quantitative estimate of drug-likeness (QED) is 0.149. The van der Waals surface area contributed by atoms with Crippen LogP contribution in [0.3, 0.4) is 0 Å². The van der Waals surface area contributed by atoms with Crippen LogP contribution in [0.25, 0.3) is 83.2 Å². The van der Waals surface area contributed by atoms with Gasteiger partial charge in [0.05, 0.1) is 22.4 Å². The molecule has 0 atom stereocenters. The number of benzene rings is 7. The van der Waals surface area contributed by atoms with Gasteiger partial charge in [0.25, 0.3) is 0 Å². The van der Waals surface area contributed by atoms with Crippen LogP contribution in [0.5, 0.6) is 0 Å². The molecule has 0 aliphatic carbocycles. The van der Waals surface area contributed by atoms with E-state index < -0.39 is 30.4 Å². The summed E-state index contributed by atoms with van der Waals surface area (Å²) in [6.45, 7) is 10.9. The second-order valence-electron chi connectivity index (χ2n) is 17.2. The number of furan rings is 1. The number of aromatic nitrogens is 3. The summed E-state index contributed by atoms with van der Waals surface area (Å²) in [5.74, 6) is -1.25. The average Bonchev–Trinajstić information content (AvgIpc) is 3.90. The van der Waals surface area contributed by atoms with Crippen LogP contribution < -0.4 is 0 Å². The SMILES string of the molecule is [2H]C([2H])([2H])c1c[c-]c(-c2nc3ccccc3n2-c2c(C([2H])(C)C)cccc2C([2H])(C)C)cc1.[2H]C([2H])(c1ccc(-c2ccnc(-c3[c-]ccc4c3oc3c5ccccc5ccc43)c2)cc1)C(C)(C)C.[Ir]. The first kappa shape index (κ1) is 35.3. The van der Waals surface area contributed by atoms with Crippen molar-refractivity contribution in [2.75, 3.05) is 0 Å². The van der Waals surface area contributed by atoms with Crippen LogP contribution in [0.1, 0.15) is 92.1 Å². The van der Waals surface area contributed by atoms with Gasteiger partial charge in [-0.15, -0.1) is 53.6 Å². The van der Waals surface area contributed by atoms with Gasteiger partial charge in [-0.05, 0) is 80.7 Å². The van der Waals surface area contributed by atoms with E-state index >= 15 is 0 Å². The Morgan fingerprint density at radius 2 is 1.46 bits per heavy atom. The van der Waals surface area contributed by atoms with E-state index in [0.717, 1.165) is 82.9 Å². The maximum Gasteiger partial charge on any atom is 0.128 e. The number of hydrogen-bond acceptors (Lipinski definition) is 3. The Bertz CT molecular complexity index is 3490. The van der Waals surface area contributed by atoms with Gasteiger partial charge in [-0.25, -0.2) is 0 Å². The van der Waals surface area contributed by atoms with Crippen molar-refractivity contribution in [3.05, 3.63) is 186 Å². The van der Waals surface area contributed by atoms with Crippen molar-refractivity contribution >= 4 is 43.7 Å². The molecule has 0 aliphatic rings. The van der Waals surface area contributed by atoms with Crippen LogP contribution in [-0.4, -0.2) is 14.5 Å². The minimum Gasteiger partial charge on any atom is -0.500 e. The molecule has 3 aromatic heterocycles. The first-order valence-corrected chi connectivity index (χ1v) is 21.0. The molecule has 0 unspecified atom stereocenters. The molecule has 3 heterocycles. The van der Waals surface area contributed by atoms with Gasteiger partial charge in [-0.3, -0.25) is 4.98 Å². The molecule has 0 saturated heterocycles. The summed E-state index contributed by atoms with van der Waals surface area (Å²) < 4.78 is 66.2. The molecule has 0 fully saturated rings. The first-order chi connectivity index (χ1) is 32.5. The van der Waals surface area contributed by atoms with E-state index in [1.165, 1.54) is 6.07 Å². The van der Waals surface area contributed by atoms with Gasteiger partial charge < -0.3 is 14.0 Å². The number of imidazole rings is 1. The Morgan fingerprint density at radius 3 is 2.17 bits per heavy atom. The number of aryl methyl sites for hydroxylation is 1. The van der Waals surface area contributed by atoms with Crippen molar-refractivity contribution < 1.29 is 34.1 Å². The van der Waals surface area contributed by atoms with E-state index in [-0.39, 0.29) is 25.7 Å². The third kappa shape index (κ3) is 8.78. The molecule has 4 nitrogen and oxygen atoms in total. The van der Waals surface area contributed by atoms with Crippen LogP contribution in [0.2, 0.25) is 0 Å². The normalized spacial score (nSPS) is 14.1. The van der Waals surface area contributed by atoms with Crippen LogP contribution >= 0.6 is 0 Å². The minimum atomic E-state index is -2.21. The molecule has 0 aliphatic heterocycles. The molecule has 0 N–H and O–H groups in total. The average molecular weight is 1010 g/mol. The maximum absolute atomic E-state index is 8.83. The summed E-state index contributed by atoms with van der Waals surface area (Å²) in [6.07, 6.45) is 0.378. The molecule has 0 spiro atoms. The molecule has 0 bridgehead atoms. The first-order valence-electron chi connectivity index (χ1n) is 24.5. The minimum absolute atomic E-state index is 0. The Kier molecular flexibility index (Phi) is 10.1. The Hall–Kier alpha value is -6.13. The Balaban J connectivity index is 0.000000186. The van der Waals surface area contributed by atoms with E-state index in [4.69, 9.17) is 19.0 Å². The van der Waals surface area contributed by atoms with E-state index in [9.17, 15) is 0 Å². The summed E-state index contributed by atoms with van der Waals surface area (Å²) in [5, 5.41) is 4.37. The van der Waals surface area contributed by atoms with Gasteiger partial charge in [-0.2, -0.15) is 0 Å². The molecule has 5 heteroatoms. The van der Waals surface area contributed by atoms with E-state index in [1.54, 1.807) is 18.3 Å². The summed E-state index contributed by atoms with van der Waals surface area (Å²) in [7, 11) is 0. The van der Waals surface area contributed by atoms with E-state index in [0.29, 0.717) is 17.0 Å². The van der Waals surface area contributed by atoms with Crippen molar-refractivity contribution in [2.45, 2.75) is 73.5 Å². The zero-order valence-corrected chi connectivity index (χ0v) is 38.9. The van der Waals surface area contributed by atoms with Crippen molar-refractivity contribution in [2.24, 2.45) is 5.41 Å². The van der Waals surface area contributed by atoms with Crippen molar-refractivity contribution in [1.82, 2.24) is 14.5 Å². The van der Waals surface area contributed by atoms with Crippen LogP contribution in [0, 0.1) is 24.4 Å². The number of hydrogen-bond donors (Lipinski definition) is 0. The molecule has 317 valence electrons. The van der Waals surface area contributed by atoms with Gasteiger partial charge >= 0.3 is 0 Å². The third-order valence-corrected chi connectivity index (χ3v) is 11.0. The predicted octanol–water partition coefficient (Wildman–Crippen LogP) is 15.9. The number of pyridine rings is 1. The van der Waals surface area contributed by atoms with Crippen LogP contribution in [-0.2, 0) is 26.5 Å². The van der Waals surface area contributed by atoms with E-state index in [1.807, 2.05) is 156 Å². The van der Waals surface area contributed by atoms with Gasteiger partial charge in [0.15, 0.2) is 0 Å². The zero-order valence-electron chi connectivity index (χ0n) is 43.5. The predicted molar refractivity (Wildman–Crippen MR) is 260 cm³/mol. The third-order valence-electron chi connectivity index (χ3n) is 11.0. The zero-order chi connectivity index (χ0) is 49.3. The number of rotatable bonds is 7. The number of para-hydroxylation sites is 3. The molecule has 0 saturated carbocycles. The molecular formula is C58H53IrN3O-2. The largest absolute Gasteiger partial charge is 0.500 e. The summed E-state index contributed by atoms with van der Waals surface area (Å²) >= 11 is 0. The monoisotopic (exact) mass is 1010 g/mol. The smallest absolute Gasteiger partial charge is 0.128 e. The fourth-order valence-corrected chi connectivity index (χ4v) is 8.17. The van der Waals surface area contributed by atoms with Crippen LogP contribution in [0.4, 0.5) is 0 Å². The fourth-order valence-electron chi connectivity index (χ4n) is 8.17. The summed E-state index contributed by atoms with van der Waals surface area (Å²) in [5.41, 5.74) is 10.3. The van der Waals surface area contributed by atoms with Crippen molar-refractivity contribution in [1.29, 1.82) is 0 Å². The second-order valence-corrected chi connectivity index (χ2v) is 17.2.